The van der Waals surface area contributed by atoms with Crippen LogP contribution in [0.15, 0.2) is 24.3 Å². The van der Waals surface area contributed by atoms with E-state index in [1.54, 1.807) is 0 Å². The van der Waals surface area contributed by atoms with Crippen molar-refractivity contribution in [3.05, 3.63) is 46.5 Å². The van der Waals surface area contributed by atoms with Gasteiger partial charge in [-0.3, -0.25) is 0 Å². The first-order chi connectivity index (χ1) is 9.43. The molecule has 104 valence electrons. The van der Waals surface area contributed by atoms with Crippen LogP contribution in [0.1, 0.15) is 34.5 Å². The molecule has 0 bridgehead atoms. The summed E-state index contributed by atoms with van der Waals surface area (Å²) in [7, 11) is 0. The van der Waals surface area contributed by atoms with Crippen LogP contribution in [0.4, 0.5) is 0 Å². The molecule has 0 radical (unpaired) electrons. The number of aliphatic hydroxyl groups excluding tert-OH is 2. The number of hydrogen-bond acceptors (Lipinski definition) is 6. The summed E-state index contributed by atoms with van der Waals surface area (Å²) in [5.41, 5.74) is -0.367. The Morgan fingerprint density at radius 3 is 0.900 bits per heavy atom. The zero-order valence-electron chi connectivity index (χ0n) is 10.1. The van der Waals surface area contributed by atoms with E-state index in [0.717, 1.165) is 0 Å². The number of aromatic hydroxyl groups is 4. The number of aliphatic hydroxyl groups is 2. The molecule has 1 aliphatic rings. The zero-order chi connectivity index (χ0) is 14.6. The van der Waals surface area contributed by atoms with Crippen LogP contribution in [0.3, 0.4) is 0 Å². The molecule has 0 aliphatic heterocycles. The molecule has 0 heterocycles. The van der Waals surface area contributed by atoms with Crippen LogP contribution in [-0.4, -0.2) is 30.6 Å². The average molecular weight is 276 g/mol. The van der Waals surface area contributed by atoms with E-state index in [9.17, 15) is 30.6 Å². The Bertz CT molecular complexity index is 590. The summed E-state index contributed by atoms with van der Waals surface area (Å²) < 4.78 is 0. The number of fused-ring (bicyclic) bond motifs is 2. The predicted octanol–water partition coefficient (Wildman–Crippen LogP) is 0.986. The zero-order valence-corrected chi connectivity index (χ0v) is 10.1. The average Bonchev–Trinajstić information content (AvgIpc) is 2.41. The van der Waals surface area contributed by atoms with Crippen molar-refractivity contribution in [1.29, 1.82) is 0 Å². The molecule has 0 fully saturated rings. The van der Waals surface area contributed by atoms with Gasteiger partial charge in [0.1, 0.15) is 35.2 Å². The Balaban J connectivity index is 2.39. The molecule has 0 atom stereocenters. The van der Waals surface area contributed by atoms with Gasteiger partial charge < -0.3 is 30.6 Å². The lowest BCUT2D eigenvalue weighted by Gasteiger charge is -2.30. The molecule has 2 aromatic carbocycles. The molecule has 0 saturated carbocycles. The van der Waals surface area contributed by atoms with Crippen LogP contribution in [-0.2, 0) is 0 Å². The summed E-state index contributed by atoms with van der Waals surface area (Å²) in [5, 5.41) is 59.9. The van der Waals surface area contributed by atoms with Gasteiger partial charge in [0.2, 0.25) is 0 Å². The quantitative estimate of drug-likeness (QED) is 0.399. The van der Waals surface area contributed by atoms with E-state index >= 15 is 0 Å². The first kappa shape index (κ1) is 12.6. The lowest BCUT2D eigenvalue weighted by molar-refractivity contribution is 0.160. The lowest BCUT2D eigenvalue weighted by Crippen LogP contribution is -2.18. The number of benzene rings is 2. The second-order valence-electron chi connectivity index (χ2n) is 4.67. The molecule has 2 aromatic rings. The third-order valence-electron chi connectivity index (χ3n) is 3.58. The Morgan fingerprint density at radius 1 is 0.500 bits per heavy atom. The molecule has 3 rings (SSSR count). The van der Waals surface area contributed by atoms with Gasteiger partial charge in [-0.15, -0.1) is 0 Å². The highest BCUT2D eigenvalue weighted by molar-refractivity contribution is 5.64. The predicted molar refractivity (Wildman–Crippen MR) is 67.7 cm³/mol. The minimum Gasteiger partial charge on any atom is -0.508 e. The smallest absolute Gasteiger partial charge is 0.122 e. The third-order valence-corrected chi connectivity index (χ3v) is 3.58. The second-order valence-corrected chi connectivity index (χ2v) is 4.67. The molecule has 0 unspecified atom stereocenters. The van der Waals surface area contributed by atoms with Gasteiger partial charge in [-0.05, 0) is 24.3 Å². The molecule has 6 N–H and O–H groups in total. The Labute approximate surface area is 113 Å². The van der Waals surface area contributed by atoms with Crippen LogP contribution < -0.4 is 0 Å². The normalized spacial score (nSPS) is 20.3. The minimum atomic E-state index is -1.47. The van der Waals surface area contributed by atoms with Crippen LogP contribution in [0.2, 0.25) is 0 Å². The largest absolute Gasteiger partial charge is 0.508 e. The van der Waals surface area contributed by atoms with Crippen LogP contribution in [0, 0.1) is 0 Å². The molecule has 20 heavy (non-hydrogen) atoms. The molecular weight excluding hydrogens is 264 g/mol. The van der Waals surface area contributed by atoms with Gasteiger partial charge in [0.25, 0.3) is 0 Å². The molecule has 0 amide bonds. The Hall–Kier alpha value is -2.44. The highest BCUT2D eigenvalue weighted by atomic mass is 16.3. The van der Waals surface area contributed by atoms with Gasteiger partial charge >= 0.3 is 0 Å². The van der Waals surface area contributed by atoms with Gasteiger partial charge in [0, 0.05) is 22.3 Å². The minimum absolute atomic E-state index is 0.0918. The summed E-state index contributed by atoms with van der Waals surface area (Å²) in [4.78, 5) is 0. The van der Waals surface area contributed by atoms with Gasteiger partial charge in [-0.2, -0.15) is 0 Å². The van der Waals surface area contributed by atoms with Gasteiger partial charge in [-0.25, -0.2) is 0 Å². The number of rotatable bonds is 0. The topological polar surface area (TPSA) is 121 Å². The molecule has 0 spiro atoms. The standard InChI is InChI=1S/C14H12O6/c15-5-1-2-6(16)10-9(5)13(19)11-7(17)3-4-8(18)12(11)14(10)20/h1-4,13-20H. The lowest BCUT2D eigenvalue weighted by atomic mass is 9.80. The molecule has 0 saturated heterocycles. The first-order valence-electron chi connectivity index (χ1n) is 5.89. The van der Waals surface area contributed by atoms with E-state index in [1.165, 1.54) is 24.3 Å². The Kier molecular flexibility index (Phi) is 2.53. The molecule has 1 aliphatic carbocycles. The Morgan fingerprint density at radius 2 is 0.700 bits per heavy atom. The molecule has 6 nitrogen and oxygen atoms in total. The van der Waals surface area contributed by atoms with Crippen LogP contribution >= 0.6 is 0 Å². The highest BCUT2D eigenvalue weighted by Gasteiger charge is 2.38. The van der Waals surface area contributed by atoms with Gasteiger partial charge in [0.15, 0.2) is 0 Å². The van der Waals surface area contributed by atoms with E-state index in [1.807, 2.05) is 0 Å². The van der Waals surface area contributed by atoms with Crippen molar-refractivity contribution in [2.75, 3.05) is 0 Å². The van der Waals surface area contributed by atoms with E-state index in [0.29, 0.717) is 0 Å². The van der Waals surface area contributed by atoms with E-state index in [2.05, 4.69) is 0 Å². The van der Waals surface area contributed by atoms with Crippen LogP contribution in [0.25, 0.3) is 0 Å². The maximum atomic E-state index is 10.3. The van der Waals surface area contributed by atoms with Gasteiger partial charge in [-0.1, -0.05) is 0 Å². The SMILES string of the molecule is Oc1ccc(O)c2c1C(O)c1c(O)ccc(O)c1C2O. The fourth-order valence-corrected chi connectivity index (χ4v) is 2.66. The first-order valence-corrected chi connectivity index (χ1v) is 5.89. The van der Waals surface area contributed by atoms with E-state index in [4.69, 9.17) is 0 Å². The van der Waals surface area contributed by atoms with E-state index < -0.39 is 12.2 Å². The third kappa shape index (κ3) is 1.46. The second kappa shape index (κ2) is 4.03. The molecule has 6 heteroatoms. The maximum absolute atomic E-state index is 10.3. The highest BCUT2D eigenvalue weighted by Crippen LogP contribution is 2.52. The number of phenols is 4. The summed E-state index contributed by atoms with van der Waals surface area (Å²) in [6, 6.07) is 4.70. The van der Waals surface area contributed by atoms with Crippen molar-refractivity contribution >= 4 is 0 Å². The van der Waals surface area contributed by atoms with Crippen LogP contribution in [0.5, 0.6) is 23.0 Å². The van der Waals surface area contributed by atoms with Crippen molar-refractivity contribution in [3.8, 4) is 23.0 Å². The fraction of sp³-hybridized carbons (Fsp3) is 0.143. The summed E-state index contributed by atoms with van der Waals surface area (Å²) >= 11 is 0. The molecule has 0 aromatic heterocycles. The van der Waals surface area contributed by atoms with Crippen molar-refractivity contribution in [2.24, 2.45) is 0 Å². The summed E-state index contributed by atoms with van der Waals surface area (Å²) in [6.07, 6.45) is -2.94. The maximum Gasteiger partial charge on any atom is 0.122 e. The molecular formula is C14H12O6. The van der Waals surface area contributed by atoms with Gasteiger partial charge in [0.05, 0.1) is 0 Å². The van der Waals surface area contributed by atoms with E-state index in [-0.39, 0.29) is 45.3 Å². The number of hydrogen-bond donors (Lipinski definition) is 6. The monoisotopic (exact) mass is 276 g/mol. The van der Waals surface area contributed by atoms with Crippen molar-refractivity contribution in [2.45, 2.75) is 12.2 Å². The van der Waals surface area contributed by atoms with Crippen molar-refractivity contribution in [1.82, 2.24) is 0 Å². The van der Waals surface area contributed by atoms with Crippen molar-refractivity contribution < 1.29 is 30.6 Å². The number of phenolic OH excluding ortho intramolecular Hbond substituents is 4. The fourth-order valence-electron chi connectivity index (χ4n) is 2.66. The summed E-state index contributed by atoms with van der Waals surface area (Å²) in [6.45, 7) is 0. The van der Waals surface area contributed by atoms with Crippen molar-refractivity contribution in [3.63, 3.8) is 0 Å². The summed E-state index contributed by atoms with van der Waals surface area (Å²) in [5.74, 6) is -1.29.